The van der Waals surface area contributed by atoms with Gasteiger partial charge in [-0.05, 0) is 44.0 Å². The quantitative estimate of drug-likeness (QED) is 0.880. The molecule has 3 rings (SSSR count). The van der Waals surface area contributed by atoms with Crippen LogP contribution in [-0.4, -0.2) is 51.5 Å². The van der Waals surface area contributed by atoms with E-state index in [1.165, 1.54) is 0 Å². The normalized spacial score (nSPS) is 20.0. The van der Waals surface area contributed by atoms with Crippen molar-refractivity contribution in [2.75, 3.05) is 26.7 Å². The number of aliphatic hydroxyl groups is 1. The minimum Gasteiger partial charge on any atom is -0.497 e. The molecule has 24 heavy (non-hydrogen) atoms. The molecule has 2 atom stereocenters. The van der Waals surface area contributed by atoms with Gasteiger partial charge in [-0.2, -0.15) is 0 Å². The first-order valence-corrected chi connectivity index (χ1v) is 8.63. The Hall–Kier alpha value is -1.92. The monoisotopic (exact) mass is 330 g/mol. The number of aryl methyl sites for hydroxylation is 1. The Morgan fingerprint density at radius 3 is 3.08 bits per heavy atom. The highest BCUT2D eigenvalue weighted by atomic mass is 16.5. The molecule has 1 N–H and O–H groups in total. The van der Waals surface area contributed by atoms with E-state index in [-0.39, 0.29) is 0 Å². The van der Waals surface area contributed by atoms with Gasteiger partial charge in [0.15, 0.2) is 0 Å². The van der Waals surface area contributed by atoms with E-state index in [1.807, 2.05) is 24.3 Å². The third-order valence-electron chi connectivity index (χ3n) is 4.77. The van der Waals surface area contributed by atoms with Crippen LogP contribution in [0, 0.1) is 0 Å². The van der Waals surface area contributed by atoms with Gasteiger partial charge in [0.05, 0.1) is 13.2 Å². The Balaban J connectivity index is 1.64. The van der Waals surface area contributed by atoms with Crippen molar-refractivity contribution in [3.05, 3.63) is 42.0 Å². The van der Waals surface area contributed by atoms with Crippen LogP contribution < -0.4 is 4.74 Å². The second-order valence-electron chi connectivity index (χ2n) is 6.37. The lowest BCUT2D eigenvalue weighted by molar-refractivity contribution is 0.0939. The topological polar surface area (TPSA) is 63.4 Å². The molecule has 0 bridgehead atoms. The van der Waals surface area contributed by atoms with Gasteiger partial charge in [-0.1, -0.05) is 12.1 Å². The lowest BCUT2D eigenvalue weighted by atomic mass is 9.96. The number of hydrogen-bond donors (Lipinski definition) is 1. The molecule has 6 heteroatoms. The summed E-state index contributed by atoms with van der Waals surface area (Å²) in [5.74, 6) is 2.23. The Morgan fingerprint density at radius 2 is 2.29 bits per heavy atom. The van der Waals surface area contributed by atoms with Crippen LogP contribution in [0.5, 0.6) is 5.75 Å². The molecule has 0 aliphatic carbocycles. The van der Waals surface area contributed by atoms with Crippen LogP contribution in [0.4, 0.5) is 0 Å². The molecule has 0 radical (unpaired) electrons. The van der Waals surface area contributed by atoms with Crippen molar-refractivity contribution in [3.63, 3.8) is 0 Å². The Kier molecular flexibility index (Phi) is 5.48. The smallest absolute Gasteiger partial charge is 0.137 e. The molecule has 1 saturated heterocycles. The maximum atomic E-state index is 10.6. The minimum absolute atomic E-state index is 0.388. The molecule has 6 nitrogen and oxygen atoms in total. The van der Waals surface area contributed by atoms with E-state index in [1.54, 1.807) is 13.4 Å². The highest BCUT2D eigenvalue weighted by Crippen LogP contribution is 2.27. The first kappa shape index (κ1) is 16.9. The Bertz CT molecular complexity index is 658. The number of piperidine rings is 1. The molecule has 1 aliphatic heterocycles. The number of rotatable bonds is 6. The third kappa shape index (κ3) is 3.76. The van der Waals surface area contributed by atoms with E-state index in [9.17, 15) is 5.11 Å². The number of benzene rings is 1. The zero-order chi connectivity index (χ0) is 16.9. The fraction of sp³-hybridized carbons (Fsp3) is 0.556. The first-order chi connectivity index (χ1) is 11.7. The molecule has 0 spiro atoms. The molecular weight excluding hydrogens is 304 g/mol. The average Bonchev–Trinajstić information content (AvgIpc) is 3.11. The Morgan fingerprint density at radius 1 is 1.42 bits per heavy atom. The lowest BCUT2D eigenvalue weighted by Crippen LogP contribution is -2.38. The van der Waals surface area contributed by atoms with E-state index in [0.717, 1.165) is 49.6 Å². The standard InChI is InChI=1S/C18H26N4O2/c1-3-22-13-19-20-18(22)15-7-5-9-21(11-15)12-17(23)14-6-4-8-16(10-14)24-2/h4,6,8,10,13,15,17,23H,3,5,7,9,11-12H2,1-2H3. The maximum Gasteiger partial charge on any atom is 0.137 e. The first-order valence-electron chi connectivity index (χ1n) is 8.63. The highest BCUT2D eigenvalue weighted by Gasteiger charge is 2.26. The SMILES string of the molecule is CCn1cnnc1C1CCCN(CC(O)c2cccc(OC)c2)C1. The number of likely N-dealkylation sites (tertiary alicyclic amines) is 1. The van der Waals surface area contributed by atoms with Gasteiger partial charge < -0.3 is 14.4 Å². The van der Waals surface area contributed by atoms with Crippen molar-refractivity contribution in [2.24, 2.45) is 0 Å². The fourth-order valence-corrected chi connectivity index (χ4v) is 3.45. The zero-order valence-corrected chi connectivity index (χ0v) is 14.4. The van der Waals surface area contributed by atoms with Gasteiger partial charge in [0.1, 0.15) is 17.9 Å². The number of aliphatic hydroxyl groups excluding tert-OH is 1. The molecule has 130 valence electrons. The number of nitrogens with zero attached hydrogens (tertiary/aromatic N) is 4. The molecule has 0 saturated carbocycles. The largest absolute Gasteiger partial charge is 0.497 e. The van der Waals surface area contributed by atoms with Gasteiger partial charge in [0, 0.05) is 25.6 Å². The predicted molar refractivity (Wildman–Crippen MR) is 92.1 cm³/mol. The maximum absolute atomic E-state index is 10.6. The van der Waals surface area contributed by atoms with E-state index < -0.39 is 6.10 Å². The molecule has 2 aromatic rings. The summed E-state index contributed by atoms with van der Waals surface area (Å²) in [6.45, 7) is 5.56. The molecule has 1 aliphatic rings. The van der Waals surface area contributed by atoms with E-state index in [2.05, 4.69) is 26.6 Å². The number of ether oxygens (including phenoxy) is 1. The van der Waals surface area contributed by atoms with Gasteiger partial charge in [0.25, 0.3) is 0 Å². The summed E-state index contributed by atoms with van der Waals surface area (Å²) in [7, 11) is 1.64. The summed E-state index contributed by atoms with van der Waals surface area (Å²) in [6, 6.07) is 7.66. The van der Waals surface area contributed by atoms with E-state index in [4.69, 9.17) is 4.74 Å². The summed E-state index contributed by atoms with van der Waals surface area (Å²) < 4.78 is 7.36. The van der Waals surface area contributed by atoms with Gasteiger partial charge in [-0.15, -0.1) is 10.2 Å². The van der Waals surface area contributed by atoms with Crippen molar-refractivity contribution in [1.82, 2.24) is 19.7 Å². The molecule has 0 amide bonds. The number of β-amino-alcohol motifs (C(OH)–C–C–N with tert-alkyl or cyclic N) is 1. The van der Waals surface area contributed by atoms with Crippen molar-refractivity contribution < 1.29 is 9.84 Å². The second kappa shape index (κ2) is 7.77. The number of aromatic nitrogens is 3. The van der Waals surface area contributed by atoms with Gasteiger partial charge >= 0.3 is 0 Å². The van der Waals surface area contributed by atoms with E-state index in [0.29, 0.717) is 12.5 Å². The van der Waals surface area contributed by atoms with Crippen LogP contribution in [0.2, 0.25) is 0 Å². The molecular formula is C18H26N4O2. The zero-order valence-electron chi connectivity index (χ0n) is 14.4. The highest BCUT2D eigenvalue weighted by molar-refractivity contribution is 5.30. The second-order valence-corrected chi connectivity index (χ2v) is 6.37. The van der Waals surface area contributed by atoms with Gasteiger partial charge in [-0.3, -0.25) is 4.90 Å². The van der Waals surface area contributed by atoms with Crippen LogP contribution in [-0.2, 0) is 6.54 Å². The van der Waals surface area contributed by atoms with Crippen LogP contribution in [0.1, 0.15) is 43.2 Å². The van der Waals surface area contributed by atoms with Crippen molar-refractivity contribution in [3.8, 4) is 5.75 Å². The van der Waals surface area contributed by atoms with Gasteiger partial charge in [0.2, 0.25) is 0 Å². The summed E-state index contributed by atoms with van der Waals surface area (Å²) in [5, 5.41) is 18.9. The molecule has 1 fully saturated rings. The summed E-state index contributed by atoms with van der Waals surface area (Å²) >= 11 is 0. The minimum atomic E-state index is -0.511. The summed E-state index contributed by atoms with van der Waals surface area (Å²) in [4.78, 5) is 2.33. The summed E-state index contributed by atoms with van der Waals surface area (Å²) in [5.41, 5.74) is 0.896. The predicted octanol–water partition coefficient (Wildman–Crippen LogP) is 2.22. The van der Waals surface area contributed by atoms with Crippen LogP contribution in [0.3, 0.4) is 0 Å². The third-order valence-corrected chi connectivity index (χ3v) is 4.77. The summed E-state index contributed by atoms with van der Waals surface area (Å²) in [6.07, 6.45) is 3.54. The Labute approximate surface area is 143 Å². The van der Waals surface area contributed by atoms with Crippen LogP contribution in [0.25, 0.3) is 0 Å². The van der Waals surface area contributed by atoms with E-state index >= 15 is 0 Å². The van der Waals surface area contributed by atoms with Crippen molar-refractivity contribution >= 4 is 0 Å². The molecule has 2 heterocycles. The lowest BCUT2D eigenvalue weighted by Gasteiger charge is -2.33. The number of methoxy groups -OCH3 is 1. The fourth-order valence-electron chi connectivity index (χ4n) is 3.45. The molecule has 2 unspecified atom stereocenters. The van der Waals surface area contributed by atoms with Gasteiger partial charge in [-0.25, -0.2) is 0 Å². The number of hydrogen-bond acceptors (Lipinski definition) is 5. The van der Waals surface area contributed by atoms with Crippen LogP contribution >= 0.6 is 0 Å². The average molecular weight is 330 g/mol. The molecule has 1 aromatic carbocycles. The van der Waals surface area contributed by atoms with Crippen molar-refractivity contribution in [1.29, 1.82) is 0 Å². The molecule has 1 aromatic heterocycles. The van der Waals surface area contributed by atoms with Crippen molar-refractivity contribution in [2.45, 2.75) is 38.3 Å². The van der Waals surface area contributed by atoms with Crippen LogP contribution in [0.15, 0.2) is 30.6 Å².